The van der Waals surface area contributed by atoms with Gasteiger partial charge in [-0.1, -0.05) is 12.1 Å². The first-order chi connectivity index (χ1) is 13.8. The molecule has 0 N–H and O–H groups in total. The third-order valence-electron chi connectivity index (χ3n) is 5.51. The lowest BCUT2D eigenvalue weighted by Crippen LogP contribution is -2.49. The number of benzene rings is 1. The van der Waals surface area contributed by atoms with Gasteiger partial charge in [-0.15, -0.1) is 0 Å². The molecule has 148 valence electrons. The van der Waals surface area contributed by atoms with Gasteiger partial charge in [-0.2, -0.15) is 0 Å². The standard InChI is InChI=1S/C22H28N4O2/c1-2-28-21-8-4-3-7-20(21)25-13-15-26(16-14-25)22(27)19-17-18(9-10-23-19)24-11-5-6-12-24/h3-4,7-10,17H,2,5-6,11-16H2,1H3. The van der Waals surface area contributed by atoms with E-state index in [9.17, 15) is 4.79 Å². The van der Waals surface area contributed by atoms with Crippen LogP contribution in [0.25, 0.3) is 0 Å². The Morgan fingerprint density at radius 1 is 1.00 bits per heavy atom. The number of carbonyl (C=O) groups is 1. The van der Waals surface area contributed by atoms with E-state index in [2.05, 4.69) is 20.9 Å². The molecule has 0 unspecified atom stereocenters. The van der Waals surface area contributed by atoms with E-state index >= 15 is 0 Å². The van der Waals surface area contributed by atoms with Crippen molar-refractivity contribution >= 4 is 17.3 Å². The van der Waals surface area contributed by atoms with Crippen LogP contribution in [0, 0.1) is 0 Å². The monoisotopic (exact) mass is 380 g/mol. The molecule has 2 fully saturated rings. The number of pyridine rings is 1. The number of para-hydroxylation sites is 2. The van der Waals surface area contributed by atoms with Crippen molar-refractivity contribution in [1.82, 2.24) is 9.88 Å². The topological polar surface area (TPSA) is 48.9 Å². The number of ether oxygens (including phenoxy) is 1. The molecular weight excluding hydrogens is 352 g/mol. The molecule has 6 nitrogen and oxygen atoms in total. The fraction of sp³-hybridized carbons (Fsp3) is 0.455. The summed E-state index contributed by atoms with van der Waals surface area (Å²) in [6, 6.07) is 12.1. The van der Waals surface area contributed by atoms with Crippen molar-refractivity contribution in [3.05, 3.63) is 48.3 Å². The lowest BCUT2D eigenvalue weighted by molar-refractivity contribution is 0.0741. The van der Waals surface area contributed by atoms with Crippen LogP contribution in [0.3, 0.4) is 0 Å². The molecule has 2 saturated heterocycles. The summed E-state index contributed by atoms with van der Waals surface area (Å²) in [6.07, 6.45) is 4.20. The average Bonchev–Trinajstić information content (AvgIpc) is 3.29. The van der Waals surface area contributed by atoms with Gasteiger partial charge >= 0.3 is 0 Å². The lowest BCUT2D eigenvalue weighted by atomic mass is 10.2. The first-order valence-corrected chi connectivity index (χ1v) is 10.2. The maximum absolute atomic E-state index is 13.0. The Morgan fingerprint density at radius 3 is 2.50 bits per heavy atom. The van der Waals surface area contributed by atoms with E-state index in [1.807, 2.05) is 42.2 Å². The Balaban J connectivity index is 1.41. The Bertz CT molecular complexity index is 812. The maximum atomic E-state index is 13.0. The smallest absolute Gasteiger partial charge is 0.272 e. The molecule has 1 aromatic carbocycles. The van der Waals surface area contributed by atoms with Gasteiger partial charge in [-0.25, -0.2) is 0 Å². The molecule has 0 bridgehead atoms. The predicted molar refractivity (Wildman–Crippen MR) is 111 cm³/mol. The van der Waals surface area contributed by atoms with Crippen LogP contribution < -0.4 is 14.5 Å². The van der Waals surface area contributed by atoms with Gasteiger partial charge in [-0.3, -0.25) is 9.78 Å². The molecule has 0 atom stereocenters. The van der Waals surface area contributed by atoms with Crippen molar-refractivity contribution in [3.63, 3.8) is 0 Å². The Kier molecular flexibility index (Phi) is 5.65. The number of amides is 1. The van der Waals surface area contributed by atoms with Gasteiger partial charge in [0.2, 0.25) is 0 Å². The molecule has 0 spiro atoms. The maximum Gasteiger partial charge on any atom is 0.272 e. The summed E-state index contributed by atoms with van der Waals surface area (Å²) in [4.78, 5) is 23.9. The van der Waals surface area contributed by atoms with Crippen LogP contribution in [0.4, 0.5) is 11.4 Å². The van der Waals surface area contributed by atoms with Gasteiger partial charge in [0.05, 0.1) is 12.3 Å². The fourth-order valence-corrected chi connectivity index (χ4v) is 4.02. The van der Waals surface area contributed by atoms with Crippen LogP contribution in [0.1, 0.15) is 30.3 Å². The van der Waals surface area contributed by atoms with Gasteiger partial charge in [0.1, 0.15) is 11.4 Å². The van der Waals surface area contributed by atoms with Crippen molar-refractivity contribution < 1.29 is 9.53 Å². The van der Waals surface area contributed by atoms with Gasteiger partial charge in [0.25, 0.3) is 5.91 Å². The second kappa shape index (κ2) is 8.50. The van der Waals surface area contributed by atoms with E-state index < -0.39 is 0 Å². The van der Waals surface area contributed by atoms with E-state index in [4.69, 9.17) is 4.74 Å². The molecule has 2 aromatic rings. The van der Waals surface area contributed by atoms with Crippen LogP contribution >= 0.6 is 0 Å². The number of aromatic nitrogens is 1. The summed E-state index contributed by atoms with van der Waals surface area (Å²) in [5.74, 6) is 0.934. The van der Waals surface area contributed by atoms with Crippen LogP contribution in [0.15, 0.2) is 42.6 Å². The zero-order valence-electron chi connectivity index (χ0n) is 16.5. The van der Waals surface area contributed by atoms with Gasteiger partial charge in [-0.05, 0) is 44.0 Å². The number of anilines is 2. The van der Waals surface area contributed by atoms with Crippen molar-refractivity contribution in [3.8, 4) is 5.75 Å². The quantitative estimate of drug-likeness (QED) is 0.798. The highest BCUT2D eigenvalue weighted by atomic mass is 16.5. The van der Waals surface area contributed by atoms with Gasteiger partial charge in [0.15, 0.2) is 0 Å². The molecule has 2 aliphatic heterocycles. The second-order valence-corrected chi connectivity index (χ2v) is 7.27. The number of piperazine rings is 1. The molecule has 1 amide bonds. The first kappa shape index (κ1) is 18.6. The first-order valence-electron chi connectivity index (χ1n) is 10.2. The minimum atomic E-state index is 0.0267. The van der Waals surface area contributed by atoms with E-state index in [-0.39, 0.29) is 5.91 Å². The number of hydrogen-bond donors (Lipinski definition) is 0. The summed E-state index contributed by atoms with van der Waals surface area (Å²) in [7, 11) is 0. The summed E-state index contributed by atoms with van der Waals surface area (Å²) in [5, 5.41) is 0. The zero-order chi connectivity index (χ0) is 19.3. The third-order valence-corrected chi connectivity index (χ3v) is 5.51. The Labute approximate surface area is 166 Å². The average molecular weight is 380 g/mol. The molecule has 4 rings (SSSR count). The second-order valence-electron chi connectivity index (χ2n) is 7.27. The molecule has 6 heteroatoms. The number of nitrogens with zero attached hydrogens (tertiary/aromatic N) is 4. The van der Waals surface area contributed by atoms with E-state index in [1.165, 1.54) is 12.8 Å². The molecule has 2 aliphatic rings. The van der Waals surface area contributed by atoms with Crippen molar-refractivity contribution in [2.24, 2.45) is 0 Å². The van der Waals surface area contributed by atoms with Crippen LogP contribution in [0.2, 0.25) is 0 Å². The van der Waals surface area contributed by atoms with Crippen molar-refractivity contribution in [2.45, 2.75) is 19.8 Å². The minimum Gasteiger partial charge on any atom is -0.492 e. The van der Waals surface area contributed by atoms with Crippen molar-refractivity contribution in [1.29, 1.82) is 0 Å². The molecule has 0 saturated carbocycles. The van der Waals surface area contributed by atoms with Crippen molar-refractivity contribution in [2.75, 3.05) is 55.7 Å². The molecular formula is C22H28N4O2. The molecule has 0 radical (unpaired) electrons. The highest BCUT2D eigenvalue weighted by molar-refractivity contribution is 5.93. The number of rotatable bonds is 5. The SMILES string of the molecule is CCOc1ccccc1N1CCN(C(=O)c2cc(N3CCCC3)ccn2)CC1. The van der Waals surface area contributed by atoms with E-state index in [1.54, 1.807) is 6.20 Å². The molecule has 0 aliphatic carbocycles. The Hall–Kier alpha value is -2.76. The summed E-state index contributed by atoms with van der Waals surface area (Å²) in [5.41, 5.74) is 2.76. The highest BCUT2D eigenvalue weighted by Crippen LogP contribution is 2.29. The van der Waals surface area contributed by atoms with Crippen LogP contribution in [-0.2, 0) is 0 Å². The van der Waals surface area contributed by atoms with Gasteiger partial charge < -0.3 is 19.4 Å². The van der Waals surface area contributed by atoms with Crippen LogP contribution in [0.5, 0.6) is 5.75 Å². The largest absolute Gasteiger partial charge is 0.492 e. The predicted octanol–water partition coefficient (Wildman–Crippen LogP) is 3.04. The lowest BCUT2D eigenvalue weighted by Gasteiger charge is -2.36. The number of carbonyl (C=O) groups excluding carboxylic acids is 1. The summed E-state index contributed by atoms with van der Waals surface area (Å²) in [6.45, 7) is 7.74. The highest BCUT2D eigenvalue weighted by Gasteiger charge is 2.25. The Morgan fingerprint density at radius 2 is 1.75 bits per heavy atom. The molecule has 28 heavy (non-hydrogen) atoms. The zero-order valence-corrected chi connectivity index (χ0v) is 16.5. The van der Waals surface area contributed by atoms with Gasteiger partial charge in [0, 0.05) is 51.2 Å². The molecule has 3 heterocycles. The van der Waals surface area contributed by atoms with E-state index in [0.29, 0.717) is 25.4 Å². The summed E-state index contributed by atoms with van der Waals surface area (Å²) < 4.78 is 5.76. The molecule has 1 aromatic heterocycles. The van der Waals surface area contributed by atoms with E-state index in [0.717, 1.165) is 43.3 Å². The normalized spacial score (nSPS) is 17.1. The third kappa shape index (κ3) is 3.91. The minimum absolute atomic E-state index is 0.0267. The summed E-state index contributed by atoms with van der Waals surface area (Å²) >= 11 is 0. The number of hydrogen-bond acceptors (Lipinski definition) is 5. The fourth-order valence-electron chi connectivity index (χ4n) is 4.02. The van der Waals surface area contributed by atoms with Crippen LogP contribution in [-0.4, -0.2) is 61.7 Å².